The Morgan fingerprint density at radius 1 is 1.52 bits per heavy atom. The fraction of sp³-hybridized carbons (Fsp3) is 0.545. The molecule has 0 bridgehead atoms. The number of aliphatic hydroxyl groups excluding tert-OH is 2. The van der Waals surface area contributed by atoms with Crippen molar-refractivity contribution in [3.05, 3.63) is 16.2 Å². The summed E-state index contributed by atoms with van der Waals surface area (Å²) in [7, 11) is 0. The van der Waals surface area contributed by atoms with E-state index in [1.54, 1.807) is 11.5 Å². The molecule has 5 N–H and O–H groups in total. The molecule has 2 aromatic rings. The summed E-state index contributed by atoms with van der Waals surface area (Å²) >= 11 is 2.32. The van der Waals surface area contributed by atoms with E-state index < -0.39 is 24.0 Å². The average molecular weight is 360 g/mol. The molecule has 1 aliphatic rings. The molecule has 9 nitrogen and oxygen atoms in total. The molecule has 0 aliphatic carbocycles. The summed E-state index contributed by atoms with van der Waals surface area (Å²) in [5.74, 6) is 0.494. The Balaban J connectivity index is 2.17. The number of nitrogens with one attached hydrogen (secondary N) is 1. The number of hydrogen-bond donors (Lipinski definition) is 4. The van der Waals surface area contributed by atoms with Gasteiger partial charge in [-0.2, -0.15) is 0 Å². The minimum atomic E-state index is -0.837. The molecule has 0 saturated carbocycles. The third kappa shape index (κ3) is 2.16. The molecule has 0 radical (unpaired) electrons. The predicted molar refractivity (Wildman–Crippen MR) is 75.2 cm³/mol. The van der Waals surface area contributed by atoms with E-state index in [4.69, 9.17) is 10.5 Å². The zero-order chi connectivity index (χ0) is 15.3. The minimum absolute atomic E-state index is 0.0203. The number of ether oxygens (including phenoxy) is 1. The SMILES string of the molecule is Cc1nc2c(=O)[nH]c(N)nc2n1[C@@H]1O[C@H](CO)[C@@H](O)[C@H]1[SeH]. The van der Waals surface area contributed by atoms with Crippen molar-refractivity contribution in [2.75, 3.05) is 12.3 Å². The van der Waals surface area contributed by atoms with Crippen LogP contribution in [0.3, 0.4) is 0 Å². The molecule has 2 aromatic heterocycles. The first-order valence-corrected chi connectivity index (χ1v) is 7.39. The normalized spacial score (nSPS) is 29.3. The Kier molecular flexibility index (Phi) is 3.50. The molecule has 4 atom stereocenters. The van der Waals surface area contributed by atoms with Gasteiger partial charge in [-0.25, -0.2) is 0 Å². The molecular weight excluding hydrogens is 345 g/mol. The van der Waals surface area contributed by atoms with E-state index in [1.165, 1.54) is 0 Å². The van der Waals surface area contributed by atoms with E-state index in [-0.39, 0.29) is 22.9 Å². The van der Waals surface area contributed by atoms with Gasteiger partial charge in [0.15, 0.2) is 0 Å². The van der Waals surface area contributed by atoms with Crippen LogP contribution in [0.25, 0.3) is 11.2 Å². The number of aryl methyl sites for hydroxylation is 1. The Morgan fingerprint density at radius 2 is 2.24 bits per heavy atom. The van der Waals surface area contributed by atoms with Gasteiger partial charge >= 0.3 is 126 Å². The number of anilines is 1. The van der Waals surface area contributed by atoms with E-state index in [2.05, 4.69) is 31.0 Å². The number of aliphatic hydroxyl groups is 2. The first kappa shape index (κ1) is 14.5. The second-order valence-electron chi connectivity index (χ2n) is 4.88. The van der Waals surface area contributed by atoms with Crippen molar-refractivity contribution in [2.24, 2.45) is 0 Å². The van der Waals surface area contributed by atoms with E-state index in [0.29, 0.717) is 11.5 Å². The molecule has 0 aromatic carbocycles. The van der Waals surface area contributed by atoms with Gasteiger partial charge < -0.3 is 0 Å². The summed E-state index contributed by atoms with van der Waals surface area (Å²) in [4.78, 5) is 22.2. The number of aromatic amines is 1. The van der Waals surface area contributed by atoms with Gasteiger partial charge in [-0.1, -0.05) is 0 Å². The Morgan fingerprint density at radius 3 is 2.86 bits per heavy atom. The molecule has 114 valence electrons. The van der Waals surface area contributed by atoms with E-state index in [9.17, 15) is 15.0 Å². The van der Waals surface area contributed by atoms with Crippen molar-refractivity contribution in [2.45, 2.75) is 30.2 Å². The van der Waals surface area contributed by atoms with Crippen LogP contribution in [-0.4, -0.2) is 64.6 Å². The number of hydrogen-bond acceptors (Lipinski definition) is 7. The first-order valence-electron chi connectivity index (χ1n) is 6.30. The van der Waals surface area contributed by atoms with Gasteiger partial charge in [0.2, 0.25) is 0 Å². The van der Waals surface area contributed by atoms with Gasteiger partial charge in [0, 0.05) is 0 Å². The van der Waals surface area contributed by atoms with Crippen molar-refractivity contribution < 1.29 is 14.9 Å². The third-order valence-electron chi connectivity index (χ3n) is 3.52. The standard InChI is InChI=1S/C11H15N5O4Se/c1-3-13-5-8(14-11(12)15-9(5)19)16(3)10-7(21)6(18)4(2-17)20-10/h4,6-7,10,17-18,21H,2H2,1H3,(H3,12,14,15,19)/t4-,6-,7-,10-/m1/s1. The molecule has 0 unspecified atom stereocenters. The van der Waals surface area contributed by atoms with Crippen molar-refractivity contribution in [3.8, 4) is 0 Å². The summed E-state index contributed by atoms with van der Waals surface area (Å²) in [6.45, 7) is 1.41. The van der Waals surface area contributed by atoms with Crippen LogP contribution in [0.5, 0.6) is 0 Å². The maximum absolute atomic E-state index is 11.9. The summed E-state index contributed by atoms with van der Waals surface area (Å²) < 4.78 is 7.28. The van der Waals surface area contributed by atoms with Crippen molar-refractivity contribution in [3.63, 3.8) is 0 Å². The van der Waals surface area contributed by atoms with Crippen LogP contribution < -0.4 is 11.3 Å². The van der Waals surface area contributed by atoms with Gasteiger partial charge in [-0.05, 0) is 0 Å². The number of rotatable bonds is 2. The third-order valence-corrected chi connectivity index (χ3v) is 4.69. The Hall–Kier alpha value is -1.45. The number of imidazole rings is 1. The zero-order valence-corrected chi connectivity index (χ0v) is 13.0. The van der Waals surface area contributed by atoms with Gasteiger partial charge in [0.1, 0.15) is 0 Å². The summed E-state index contributed by atoms with van der Waals surface area (Å²) in [5.41, 5.74) is 5.59. The second kappa shape index (κ2) is 5.08. The van der Waals surface area contributed by atoms with Crippen LogP contribution in [0.4, 0.5) is 5.95 Å². The van der Waals surface area contributed by atoms with Crippen LogP contribution in [0.2, 0.25) is 4.82 Å². The average Bonchev–Trinajstić information content (AvgIpc) is 2.89. The molecule has 10 heteroatoms. The molecule has 1 saturated heterocycles. The van der Waals surface area contributed by atoms with E-state index in [1.807, 2.05) is 0 Å². The summed E-state index contributed by atoms with van der Waals surface area (Å²) in [5, 5.41) is 19.3. The van der Waals surface area contributed by atoms with Crippen LogP contribution in [0.1, 0.15) is 12.1 Å². The zero-order valence-electron chi connectivity index (χ0n) is 11.1. The van der Waals surface area contributed by atoms with Gasteiger partial charge in [0.25, 0.3) is 0 Å². The Labute approximate surface area is 127 Å². The second-order valence-corrected chi connectivity index (χ2v) is 6.13. The van der Waals surface area contributed by atoms with Crippen molar-refractivity contribution in [1.82, 2.24) is 19.5 Å². The van der Waals surface area contributed by atoms with Gasteiger partial charge in [-0.15, -0.1) is 0 Å². The summed E-state index contributed by atoms with van der Waals surface area (Å²) in [6, 6.07) is 0. The number of H-pyrrole nitrogens is 1. The summed E-state index contributed by atoms with van der Waals surface area (Å²) in [6.07, 6.45) is -2.13. The van der Waals surface area contributed by atoms with Crippen LogP contribution in [0.15, 0.2) is 4.79 Å². The monoisotopic (exact) mass is 361 g/mol. The Bertz CT molecular complexity index is 744. The number of fused-ring (bicyclic) bond motifs is 1. The van der Waals surface area contributed by atoms with Crippen LogP contribution >= 0.6 is 0 Å². The first-order chi connectivity index (χ1) is 9.93. The number of nitrogens with zero attached hydrogens (tertiary/aromatic N) is 3. The molecule has 0 spiro atoms. The number of nitrogen functional groups attached to an aromatic ring is 1. The molecule has 3 heterocycles. The molecule has 1 fully saturated rings. The quantitative estimate of drug-likeness (QED) is 0.452. The molecule has 3 rings (SSSR count). The van der Waals surface area contributed by atoms with Crippen molar-refractivity contribution in [1.29, 1.82) is 0 Å². The van der Waals surface area contributed by atoms with Crippen LogP contribution in [0, 0.1) is 6.92 Å². The van der Waals surface area contributed by atoms with E-state index in [0.717, 1.165) is 0 Å². The van der Waals surface area contributed by atoms with Crippen LogP contribution in [-0.2, 0) is 4.74 Å². The molecular formula is C11H15N5O4Se. The maximum atomic E-state index is 11.9. The number of aromatic nitrogens is 4. The molecule has 1 aliphatic heterocycles. The fourth-order valence-electron chi connectivity index (χ4n) is 2.51. The topological polar surface area (TPSA) is 139 Å². The van der Waals surface area contributed by atoms with E-state index >= 15 is 0 Å². The molecule has 0 amide bonds. The predicted octanol–water partition coefficient (Wildman–Crippen LogP) is -2.05. The molecule has 21 heavy (non-hydrogen) atoms. The van der Waals surface area contributed by atoms with Crippen molar-refractivity contribution >= 4 is 33.1 Å². The number of nitrogens with two attached hydrogens (primary N) is 1. The fourth-order valence-corrected chi connectivity index (χ4v) is 3.34. The van der Waals surface area contributed by atoms with Gasteiger partial charge in [0.05, 0.1) is 0 Å². The van der Waals surface area contributed by atoms with Gasteiger partial charge in [-0.3, -0.25) is 0 Å².